The summed E-state index contributed by atoms with van der Waals surface area (Å²) in [7, 11) is 0. The van der Waals surface area contributed by atoms with Crippen molar-refractivity contribution in [2.45, 2.75) is 0 Å². The van der Waals surface area contributed by atoms with E-state index in [1.807, 2.05) is 24.3 Å². The molecule has 0 bridgehead atoms. The van der Waals surface area contributed by atoms with Crippen molar-refractivity contribution in [2.24, 2.45) is 0 Å². The quantitative estimate of drug-likeness (QED) is 0.122. The van der Waals surface area contributed by atoms with Crippen LogP contribution >= 0.6 is 0 Å². The molecule has 492 valence electrons. The summed E-state index contributed by atoms with van der Waals surface area (Å²) in [6.07, 6.45) is 0. The minimum Gasteiger partial charge on any atom is -0.309 e. The highest BCUT2D eigenvalue weighted by atomic mass is 19.1. The van der Waals surface area contributed by atoms with Crippen molar-refractivity contribution in [3.05, 3.63) is 387 Å². The van der Waals surface area contributed by atoms with Crippen LogP contribution in [0.15, 0.2) is 364 Å². The summed E-state index contributed by atoms with van der Waals surface area (Å²) in [4.78, 5) is 0. The molecule has 20 aromatic rings. The third kappa shape index (κ3) is 10.8. The Labute approximate surface area is 596 Å². The van der Waals surface area contributed by atoms with Crippen molar-refractivity contribution in [1.82, 2.24) is 18.3 Å². The third-order valence-electron chi connectivity index (χ3n) is 20.4. The van der Waals surface area contributed by atoms with Gasteiger partial charge in [-0.3, -0.25) is 0 Å². The molecule has 0 aliphatic heterocycles. The van der Waals surface area contributed by atoms with Gasteiger partial charge in [-0.2, -0.15) is 0 Å². The zero-order chi connectivity index (χ0) is 69.5. The average molecular weight is 1350 g/mol. The smallest absolute Gasteiger partial charge is 0.123 e. The van der Waals surface area contributed by atoms with E-state index < -0.39 is 0 Å². The Bertz CT molecular complexity index is 6630. The highest BCUT2D eigenvalue weighted by Crippen LogP contribution is 2.44. The van der Waals surface area contributed by atoms with Gasteiger partial charge in [-0.15, -0.1) is 0 Å². The number of hydrogen-bond donors (Lipinski definition) is 0. The maximum Gasteiger partial charge on any atom is 0.123 e. The molecule has 0 N–H and O–H groups in total. The van der Waals surface area contributed by atoms with E-state index in [2.05, 4.69) is 273 Å². The minimum absolute atomic E-state index is 0.280. The normalized spacial score (nSPS) is 11.7. The Hall–Kier alpha value is -13.6. The molecule has 4 aromatic heterocycles. The SMILES string of the molecule is Fc1ccc(-c2cc(-c3ccc(F)cc3)cc(-n3c4ccccc4c4cc(-c5ccc6c(c5)c5ccccc5n6-c5ccccc5)ccc43)c2)cc1.Fc1cccc(-c2cc(-c3cccc(F)c3)cc(-n3c4ccccc4c4cc(-c5ccc6c(c5)c5ccccc5n6-c5ccccc5)ccc43)c2)c1. The van der Waals surface area contributed by atoms with Gasteiger partial charge >= 0.3 is 0 Å². The number of nitrogens with zero attached hydrogens (tertiary/aromatic N) is 4. The largest absolute Gasteiger partial charge is 0.309 e. The maximum absolute atomic E-state index is 14.5. The molecule has 0 amide bonds. The fourth-order valence-corrected chi connectivity index (χ4v) is 15.6. The first kappa shape index (κ1) is 61.5. The van der Waals surface area contributed by atoms with Crippen LogP contribution in [0, 0.1) is 23.3 Å². The molecule has 16 aromatic carbocycles. The van der Waals surface area contributed by atoms with Gasteiger partial charge in [-0.05, 0) is 249 Å². The van der Waals surface area contributed by atoms with Crippen molar-refractivity contribution in [1.29, 1.82) is 0 Å². The predicted molar refractivity (Wildman–Crippen MR) is 423 cm³/mol. The minimum atomic E-state index is -0.303. The molecule has 0 atom stereocenters. The molecular formula is C96H60F4N4. The first-order valence-electron chi connectivity index (χ1n) is 34.8. The lowest BCUT2D eigenvalue weighted by atomic mass is 9.97. The molecule has 0 fully saturated rings. The summed E-state index contributed by atoms with van der Waals surface area (Å²) in [6, 6.07) is 121. The monoisotopic (exact) mass is 1340 g/mol. The lowest BCUT2D eigenvalue weighted by Gasteiger charge is -2.14. The van der Waals surface area contributed by atoms with Crippen LogP contribution in [-0.4, -0.2) is 18.3 Å². The van der Waals surface area contributed by atoms with Crippen molar-refractivity contribution in [3.63, 3.8) is 0 Å². The summed E-state index contributed by atoms with van der Waals surface area (Å²) < 4.78 is 66.1. The molecule has 4 nitrogen and oxygen atoms in total. The molecular weight excluding hydrogens is 1290 g/mol. The second-order valence-corrected chi connectivity index (χ2v) is 26.6. The molecule has 4 heterocycles. The van der Waals surface area contributed by atoms with Gasteiger partial charge < -0.3 is 18.3 Å². The zero-order valence-electron chi connectivity index (χ0n) is 55.9. The van der Waals surface area contributed by atoms with Crippen LogP contribution < -0.4 is 0 Å². The van der Waals surface area contributed by atoms with Crippen LogP contribution in [0.1, 0.15) is 0 Å². The number of halogens is 4. The van der Waals surface area contributed by atoms with E-state index in [4.69, 9.17) is 0 Å². The molecule has 0 saturated carbocycles. The lowest BCUT2D eigenvalue weighted by molar-refractivity contribution is 0.627. The highest BCUT2D eigenvalue weighted by molar-refractivity contribution is 6.15. The first-order valence-corrected chi connectivity index (χ1v) is 34.8. The summed E-state index contributed by atoms with van der Waals surface area (Å²) in [5.41, 5.74) is 24.6. The fourth-order valence-electron chi connectivity index (χ4n) is 15.6. The summed E-state index contributed by atoms with van der Waals surface area (Å²) in [5.74, 6) is -1.17. The van der Waals surface area contributed by atoms with E-state index in [1.54, 1.807) is 48.5 Å². The van der Waals surface area contributed by atoms with Gasteiger partial charge in [0, 0.05) is 65.8 Å². The first-order chi connectivity index (χ1) is 51.2. The molecule has 20 rings (SSSR count). The van der Waals surface area contributed by atoms with Gasteiger partial charge in [-0.25, -0.2) is 17.6 Å². The summed E-state index contributed by atoms with van der Waals surface area (Å²) >= 11 is 0. The second-order valence-electron chi connectivity index (χ2n) is 26.6. The van der Waals surface area contributed by atoms with Crippen LogP contribution in [-0.2, 0) is 0 Å². The second kappa shape index (κ2) is 25.3. The van der Waals surface area contributed by atoms with Gasteiger partial charge in [0.25, 0.3) is 0 Å². The van der Waals surface area contributed by atoms with Crippen LogP contribution in [0.5, 0.6) is 0 Å². The van der Waals surface area contributed by atoms with Crippen molar-refractivity contribution >= 4 is 87.2 Å². The van der Waals surface area contributed by atoms with E-state index in [0.717, 1.165) is 133 Å². The molecule has 0 unspecified atom stereocenters. The highest BCUT2D eigenvalue weighted by Gasteiger charge is 2.21. The van der Waals surface area contributed by atoms with Crippen molar-refractivity contribution in [2.75, 3.05) is 0 Å². The van der Waals surface area contributed by atoms with Gasteiger partial charge in [0.15, 0.2) is 0 Å². The number of benzene rings is 16. The summed E-state index contributed by atoms with van der Waals surface area (Å²) in [5, 5.41) is 9.41. The molecule has 0 aliphatic carbocycles. The van der Waals surface area contributed by atoms with E-state index >= 15 is 0 Å². The Balaban J connectivity index is 0.000000143. The number of para-hydroxylation sites is 6. The Kier molecular flexibility index (Phi) is 14.9. The maximum atomic E-state index is 14.5. The Morgan fingerprint density at radius 3 is 0.692 bits per heavy atom. The van der Waals surface area contributed by atoms with E-state index in [9.17, 15) is 17.6 Å². The molecule has 104 heavy (non-hydrogen) atoms. The van der Waals surface area contributed by atoms with E-state index in [0.29, 0.717) is 0 Å². The van der Waals surface area contributed by atoms with Crippen LogP contribution in [0.3, 0.4) is 0 Å². The number of hydrogen-bond acceptors (Lipinski definition) is 0. The van der Waals surface area contributed by atoms with E-state index in [1.165, 1.54) is 80.0 Å². The standard InChI is InChI=1S/2C48H30F2N2/c49-37-12-8-10-31(25-37)35-24-36(32-11-9-13-38(50)26-32)28-40(27-35)52-46-19-7-5-17-42(46)44-30-34(21-23-48(44)52)33-20-22-47-43(29-33)41-16-4-6-18-45(41)51(47)39-14-2-1-3-15-39;49-37-20-14-31(15-21-37)35-26-36(32-16-22-38(50)23-17-32)28-40(27-35)52-46-13-7-5-11-42(46)44-30-34(19-25-48(44)52)33-18-24-47-43(29-33)41-10-4-6-12-45(41)51(47)39-8-2-1-3-9-39/h2*1-30H. The van der Waals surface area contributed by atoms with Crippen LogP contribution in [0.4, 0.5) is 17.6 Å². The van der Waals surface area contributed by atoms with Gasteiger partial charge in [0.05, 0.1) is 44.1 Å². The zero-order valence-corrected chi connectivity index (χ0v) is 55.9. The predicted octanol–water partition coefficient (Wildman–Crippen LogP) is 26.3. The number of rotatable bonds is 10. The van der Waals surface area contributed by atoms with Gasteiger partial charge in [-0.1, -0.05) is 182 Å². The Morgan fingerprint density at radius 2 is 0.385 bits per heavy atom. The fraction of sp³-hybridized carbons (Fsp3) is 0. The van der Waals surface area contributed by atoms with Gasteiger partial charge in [0.2, 0.25) is 0 Å². The van der Waals surface area contributed by atoms with E-state index in [-0.39, 0.29) is 23.3 Å². The number of aromatic nitrogens is 4. The lowest BCUT2D eigenvalue weighted by Crippen LogP contribution is -1.96. The molecule has 0 radical (unpaired) electrons. The topological polar surface area (TPSA) is 19.7 Å². The van der Waals surface area contributed by atoms with Crippen molar-refractivity contribution in [3.8, 4) is 89.5 Å². The van der Waals surface area contributed by atoms with Crippen LogP contribution in [0.2, 0.25) is 0 Å². The van der Waals surface area contributed by atoms with Crippen molar-refractivity contribution < 1.29 is 17.6 Å². The third-order valence-corrected chi connectivity index (χ3v) is 20.4. The average Bonchev–Trinajstić information content (AvgIpc) is 1.60. The Morgan fingerprint density at radius 1 is 0.135 bits per heavy atom. The molecule has 0 saturated heterocycles. The molecule has 8 heteroatoms. The summed E-state index contributed by atoms with van der Waals surface area (Å²) in [6.45, 7) is 0. The van der Waals surface area contributed by atoms with Crippen LogP contribution in [0.25, 0.3) is 177 Å². The number of fused-ring (bicyclic) bond motifs is 12. The molecule has 0 aliphatic rings. The molecule has 0 spiro atoms. The van der Waals surface area contributed by atoms with Gasteiger partial charge in [0.1, 0.15) is 23.3 Å².